The number of carbonyl (C=O) groups excluding carboxylic acids is 1. The number of carbonyl (C=O) groups is 1. The molecule has 0 aliphatic rings. The predicted molar refractivity (Wildman–Crippen MR) is 118 cm³/mol. The minimum absolute atomic E-state index is 0.136. The molecule has 1 heterocycles. The van der Waals surface area contributed by atoms with Crippen LogP contribution in [0.4, 0.5) is 0 Å². The highest BCUT2D eigenvalue weighted by molar-refractivity contribution is 5.93. The number of hydrazone groups is 1. The Labute approximate surface area is 180 Å². The van der Waals surface area contributed by atoms with Crippen molar-refractivity contribution in [1.82, 2.24) is 15.4 Å². The molecule has 0 bridgehead atoms. The van der Waals surface area contributed by atoms with Crippen LogP contribution in [0, 0.1) is 0 Å². The van der Waals surface area contributed by atoms with E-state index in [4.69, 9.17) is 14.2 Å². The first-order valence-corrected chi connectivity index (χ1v) is 9.84. The number of hydrogen-bond acceptors (Lipinski definition) is 7. The van der Waals surface area contributed by atoms with Crippen molar-refractivity contribution >= 4 is 12.1 Å². The molecule has 1 N–H and O–H groups in total. The van der Waals surface area contributed by atoms with Gasteiger partial charge in [-0.1, -0.05) is 12.1 Å². The largest absolute Gasteiger partial charge is 0.497 e. The maximum atomic E-state index is 12.5. The van der Waals surface area contributed by atoms with E-state index < -0.39 is 5.91 Å². The van der Waals surface area contributed by atoms with Crippen LogP contribution >= 0.6 is 0 Å². The van der Waals surface area contributed by atoms with E-state index in [-0.39, 0.29) is 5.69 Å². The van der Waals surface area contributed by atoms with Gasteiger partial charge < -0.3 is 14.2 Å². The predicted octanol–water partition coefficient (Wildman–Crippen LogP) is 3.71. The normalized spacial score (nSPS) is 10.7. The van der Waals surface area contributed by atoms with Gasteiger partial charge in [0.05, 0.1) is 44.6 Å². The number of amides is 1. The van der Waals surface area contributed by atoms with Gasteiger partial charge in [0.25, 0.3) is 5.91 Å². The summed E-state index contributed by atoms with van der Waals surface area (Å²) in [5.41, 5.74) is 4.61. The molecule has 8 heteroatoms. The van der Waals surface area contributed by atoms with Crippen LogP contribution in [0.5, 0.6) is 17.2 Å². The van der Waals surface area contributed by atoms with Crippen molar-refractivity contribution in [2.45, 2.75) is 13.8 Å². The standard InChI is InChI=1S/C23H24N4O4/c1-4-30-18-9-10-19(22(12-18)31-5-2)20-14-24-15-21(26-20)23(28)27-25-13-16-7-6-8-17(11-16)29-3/h6-15H,4-5H2,1-3H3,(H,27,28). The summed E-state index contributed by atoms with van der Waals surface area (Å²) in [4.78, 5) is 21.1. The van der Waals surface area contributed by atoms with Gasteiger partial charge in [-0.15, -0.1) is 0 Å². The monoisotopic (exact) mass is 420 g/mol. The lowest BCUT2D eigenvalue weighted by Gasteiger charge is -2.12. The van der Waals surface area contributed by atoms with E-state index in [2.05, 4.69) is 20.5 Å². The number of hydrogen-bond donors (Lipinski definition) is 1. The molecular weight excluding hydrogens is 396 g/mol. The van der Waals surface area contributed by atoms with Crippen LogP contribution < -0.4 is 19.6 Å². The third kappa shape index (κ3) is 5.79. The molecule has 8 nitrogen and oxygen atoms in total. The van der Waals surface area contributed by atoms with Crippen LogP contribution in [-0.2, 0) is 0 Å². The lowest BCUT2D eigenvalue weighted by Crippen LogP contribution is -2.19. The number of nitrogens with zero attached hydrogens (tertiary/aromatic N) is 3. The zero-order valence-electron chi connectivity index (χ0n) is 17.7. The summed E-state index contributed by atoms with van der Waals surface area (Å²) in [5, 5.41) is 3.99. The second kappa shape index (κ2) is 10.7. The Morgan fingerprint density at radius 1 is 1.06 bits per heavy atom. The molecular formula is C23H24N4O4. The van der Waals surface area contributed by atoms with Crippen LogP contribution in [0.1, 0.15) is 29.9 Å². The van der Waals surface area contributed by atoms with E-state index in [1.807, 2.05) is 44.2 Å². The summed E-state index contributed by atoms with van der Waals surface area (Å²) in [5.74, 6) is 1.53. The summed E-state index contributed by atoms with van der Waals surface area (Å²) >= 11 is 0. The highest BCUT2D eigenvalue weighted by Crippen LogP contribution is 2.32. The minimum Gasteiger partial charge on any atom is -0.497 e. The van der Waals surface area contributed by atoms with Crippen molar-refractivity contribution in [3.05, 3.63) is 66.1 Å². The minimum atomic E-state index is -0.475. The summed E-state index contributed by atoms with van der Waals surface area (Å²) in [7, 11) is 1.59. The van der Waals surface area contributed by atoms with Crippen molar-refractivity contribution in [2.75, 3.05) is 20.3 Å². The molecule has 0 fully saturated rings. The van der Waals surface area contributed by atoms with Crippen molar-refractivity contribution in [2.24, 2.45) is 5.10 Å². The van der Waals surface area contributed by atoms with Crippen LogP contribution in [0.3, 0.4) is 0 Å². The fourth-order valence-corrected chi connectivity index (χ4v) is 2.80. The van der Waals surface area contributed by atoms with Gasteiger partial charge in [-0.05, 0) is 43.7 Å². The first kappa shape index (κ1) is 21.8. The first-order valence-electron chi connectivity index (χ1n) is 9.84. The summed E-state index contributed by atoms with van der Waals surface area (Å²) in [6, 6.07) is 12.8. The van der Waals surface area contributed by atoms with Crippen LogP contribution in [0.15, 0.2) is 60.0 Å². The fourth-order valence-electron chi connectivity index (χ4n) is 2.80. The summed E-state index contributed by atoms with van der Waals surface area (Å²) in [6.45, 7) is 4.84. The van der Waals surface area contributed by atoms with Gasteiger partial charge in [0.2, 0.25) is 0 Å². The number of nitrogens with one attached hydrogen (secondary N) is 1. The third-order valence-electron chi connectivity index (χ3n) is 4.18. The molecule has 0 aliphatic heterocycles. The van der Waals surface area contributed by atoms with E-state index in [0.717, 1.165) is 5.56 Å². The van der Waals surface area contributed by atoms with Crippen LogP contribution in [0.25, 0.3) is 11.3 Å². The zero-order valence-corrected chi connectivity index (χ0v) is 17.7. The molecule has 0 radical (unpaired) electrons. The van der Waals surface area contributed by atoms with Gasteiger partial charge in [-0.2, -0.15) is 5.10 Å². The maximum absolute atomic E-state index is 12.5. The second-order valence-corrected chi connectivity index (χ2v) is 6.29. The van der Waals surface area contributed by atoms with Gasteiger partial charge in [-0.25, -0.2) is 10.4 Å². The Bertz CT molecular complexity index is 1070. The van der Waals surface area contributed by atoms with Gasteiger partial charge in [0.1, 0.15) is 22.9 Å². The molecule has 3 rings (SSSR count). The Morgan fingerprint density at radius 3 is 2.68 bits per heavy atom. The molecule has 2 aromatic carbocycles. The lowest BCUT2D eigenvalue weighted by atomic mass is 10.1. The molecule has 0 spiro atoms. The Kier molecular flexibility index (Phi) is 7.53. The lowest BCUT2D eigenvalue weighted by molar-refractivity contribution is 0.0950. The first-order chi connectivity index (χ1) is 15.1. The molecule has 3 aromatic rings. The Balaban J connectivity index is 1.78. The Hall–Kier alpha value is -3.94. The molecule has 0 saturated heterocycles. The fraction of sp³-hybridized carbons (Fsp3) is 0.217. The molecule has 0 aliphatic carbocycles. The van der Waals surface area contributed by atoms with Crippen molar-refractivity contribution in [3.63, 3.8) is 0 Å². The second-order valence-electron chi connectivity index (χ2n) is 6.29. The number of ether oxygens (including phenoxy) is 3. The SMILES string of the molecule is CCOc1ccc(-c2cncc(C(=O)NN=Cc3cccc(OC)c3)n2)c(OCC)c1. The highest BCUT2D eigenvalue weighted by Gasteiger charge is 2.13. The number of rotatable bonds is 9. The van der Waals surface area contributed by atoms with E-state index in [9.17, 15) is 4.79 Å². The van der Waals surface area contributed by atoms with Crippen molar-refractivity contribution < 1.29 is 19.0 Å². The van der Waals surface area contributed by atoms with E-state index in [0.29, 0.717) is 41.7 Å². The smallest absolute Gasteiger partial charge is 0.291 e. The van der Waals surface area contributed by atoms with Crippen LogP contribution in [0.2, 0.25) is 0 Å². The quantitative estimate of drug-likeness (QED) is 0.419. The summed E-state index contributed by atoms with van der Waals surface area (Å²) < 4.78 is 16.4. The zero-order chi connectivity index (χ0) is 22.1. The van der Waals surface area contributed by atoms with E-state index in [1.165, 1.54) is 12.4 Å². The van der Waals surface area contributed by atoms with Crippen molar-refractivity contribution in [3.8, 4) is 28.5 Å². The van der Waals surface area contributed by atoms with Gasteiger partial charge in [-0.3, -0.25) is 9.78 Å². The molecule has 31 heavy (non-hydrogen) atoms. The average Bonchev–Trinajstić information content (AvgIpc) is 2.80. The molecule has 160 valence electrons. The third-order valence-corrected chi connectivity index (χ3v) is 4.18. The molecule has 0 atom stereocenters. The van der Waals surface area contributed by atoms with Crippen molar-refractivity contribution in [1.29, 1.82) is 0 Å². The number of aromatic nitrogens is 2. The van der Waals surface area contributed by atoms with E-state index >= 15 is 0 Å². The van der Waals surface area contributed by atoms with Crippen LogP contribution in [-0.4, -0.2) is 42.4 Å². The topological polar surface area (TPSA) is 94.9 Å². The highest BCUT2D eigenvalue weighted by atomic mass is 16.5. The molecule has 1 aromatic heterocycles. The van der Waals surface area contributed by atoms with Gasteiger partial charge in [0, 0.05) is 11.6 Å². The number of methoxy groups -OCH3 is 1. The number of benzene rings is 2. The maximum Gasteiger partial charge on any atom is 0.291 e. The average molecular weight is 420 g/mol. The molecule has 0 saturated carbocycles. The molecule has 1 amide bonds. The van der Waals surface area contributed by atoms with Gasteiger partial charge in [0.15, 0.2) is 0 Å². The summed E-state index contributed by atoms with van der Waals surface area (Å²) in [6.07, 6.45) is 4.49. The van der Waals surface area contributed by atoms with E-state index in [1.54, 1.807) is 25.4 Å². The molecule has 0 unspecified atom stereocenters. The van der Waals surface area contributed by atoms with Gasteiger partial charge >= 0.3 is 0 Å². The Morgan fingerprint density at radius 2 is 1.90 bits per heavy atom.